The number of thioether (sulfide) groups is 1. The molecule has 1 aromatic heterocycles. The summed E-state index contributed by atoms with van der Waals surface area (Å²) in [6.45, 7) is 2.07. The molecule has 0 bridgehead atoms. The van der Waals surface area contributed by atoms with Crippen molar-refractivity contribution >= 4 is 52.5 Å². The Labute approximate surface area is 175 Å². The molecule has 9 heteroatoms. The molecule has 0 unspecified atom stereocenters. The second kappa shape index (κ2) is 9.68. The van der Waals surface area contributed by atoms with Crippen molar-refractivity contribution in [2.24, 2.45) is 0 Å². The lowest BCUT2D eigenvalue weighted by Gasteiger charge is -2.06. The second-order valence-electron chi connectivity index (χ2n) is 5.50. The Morgan fingerprint density at radius 3 is 2.64 bits per heavy atom. The molecule has 0 aliphatic carbocycles. The zero-order valence-corrected chi connectivity index (χ0v) is 17.2. The molecule has 0 aliphatic heterocycles. The van der Waals surface area contributed by atoms with E-state index in [-0.39, 0.29) is 17.6 Å². The van der Waals surface area contributed by atoms with Crippen molar-refractivity contribution in [3.63, 3.8) is 0 Å². The van der Waals surface area contributed by atoms with Crippen molar-refractivity contribution in [3.05, 3.63) is 59.1 Å². The third-order valence-corrected chi connectivity index (χ3v) is 5.69. The molecule has 0 saturated heterocycles. The van der Waals surface area contributed by atoms with Crippen LogP contribution in [0.5, 0.6) is 0 Å². The van der Waals surface area contributed by atoms with E-state index in [4.69, 9.17) is 16.3 Å². The number of rotatable bonds is 7. The number of hydrogen-bond acceptors (Lipinski definition) is 7. The van der Waals surface area contributed by atoms with Crippen LogP contribution in [-0.4, -0.2) is 33.6 Å². The van der Waals surface area contributed by atoms with Gasteiger partial charge in [0.05, 0.1) is 22.9 Å². The second-order valence-corrected chi connectivity index (χ2v) is 7.88. The van der Waals surface area contributed by atoms with Gasteiger partial charge in [0.15, 0.2) is 10.2 Å². The van der Waals surface area contributed by atoms with E-state index in [1.165, 1.54) is 23.3 Å². The fourth-order valence-electron chi connectivity index (χ4n) is 2.25. The molecule has 28 heavy (non-hydrogen) atoms. The predicted molar refractivity (Wildman–Crippen MR) is 112 cm³/mol. The van der Waals surface area contributed by atoms with Crippen LogP contribution in [0.4, 0.5) is 5.69 Å². The van der Waals surface area contributed by atoms with Gasteiger partial charge in [-0.25, -0.2) is 9.78 Å². The maximum atomic E-state index is 12.1. The number of nitrogens with zero attached hydrogens (tertiary/aromatic N) is 2. The number of amides is 1. The van der Waals surface area contributed by atoms with Crippen LogP contribution < -0.4 is 5.32 Å². The zero-order valence-electron chi connectivity index (χ0n) is 14.8. The molecular formula is C19H16ClN3O3S2. The van der Waals surface area contributed by atoms with Crippen LogP contribution in [0.15, 0.2) is 52.9 Å². The first-order valence-electron chi connectivity index (χ1n) is 8.35. The standard InChI is InChI=1S/C19H16ClN3O3S2/c1-2-26-18(25)12-7-9-13(10-8-12)21-16(24)11-27-19-22-17(23-28-19)14-5-3-4-6-15(14)20/h3-10H,2,11H2,1H3,(H,21,24). The van der Waals surface area contributed by atoms with E-state index >= 15 is 0 Å². The Bertz CT molecular complexity index is 977. The molecule has 1 amide bonds. The molecule has 3 rings (SSSR count). The Morgan fingerprint density at radius 1 is 1.18 bits per heavy atom. The van der Waals surface area contributed by atoms with E-state index in [9.17, 15) is 9.59 Å². The monoisotopic (exact) mass is 433 g/mol. The van der Waals surface area contributed by atoms with Crippen molar-refractivity contribution in [3.8, 4) is 11.4 Å². The van der Waals surface area contributed by atoms with Gasteiger partial charge in [-0.05, 0) is 54.9 Å². The van der Waals surface area contributed by atoms with Gasteiger partial charge in [0, 0.05) is 11.3 Å². The van der Waals surface area contributed by atoms with Crippen molar-refractivity contribution in [2.45, 2.75) is 11.3 Å². The summed E-state index contributed by atoms with van der Waals surface area (Å²) in [6, 6.07) is 13.9. The van der Waals surface area contributed by atoms with Gasteiger partial charge in [-0.1, -0.05) is 35.5 Å². The highest BCUT2D eigenvalue weighted by Crippen LogP contribution is 2.29. The first kappa shape index (κ1) is 20.3. The molecule has 0 fully saturated rings. The lowest BCUT2D eigenvalue weighted by atomic mass is 10.2. The summed E-state index contributed by atoms with van der Waals surface area (Å²) in [6.07, 6.45) is 0. The molecule has 0 atom stereocenters. The lowest BCUT2D eigenvalue weighted by molar-refractivity contribution is -0.113. The summed E-state index contributed by atoms with van der Waals surface area (Å²) in [4.78, 5) is 28.2. The summed E-state index contributed by atoms with van der Waals surface area (Å²) in [5.41, 5.74) is 1.81. The number of hydrogen-bond donors (Lipinski definition) is 1. The molecule has 0 aliphatic rings. The number of aromatic nitrogens is 2. The number of ether oxygens (including phenoxy) is 1. The molecular weight excluding hydrogens is 418 g/mol. The molecule has 0 radical (unpaired) electrons. The van der Waals surface area contributed by atoms with Crippen LogP contribution in [0, 0.1) is 0 Å². The highest BCUT2D eigenvalue weighted by Gasteiger charge is 2.12. The van der Waals surface area contributed by atoms with E-state index in [2.05, 4.69) is 14.7 Å². The van der Waals surface area contributed by atoms with Gasteiger partial charge in [0.2, 0.25) is 5.91 Å². The van der Waals surface area contributed by atoms with Crippen LogP contribution in [0.2, 0.25) is 5.02 Å². The Balaban J connectivity index is 1.54. The average Bonchev–Trinajstić information content (AvgIpc) is 3.16. The van der Waals surface area contributed by atoms with Crippen molar-refractivity contribution in [1.29, 1.82) is 0 Å². The molecule has 3 aromatic rings. The third-order valence-electron chi connectivity index (χ3n) is 3.53. The van der Waals surface area contributed by atoms with E-state index in [0.717, 1.165) is 5.56 Å². The predicted octanol–water partition coefficient (Wildman–Crippen LogP) is 4.77. The zero-order chi connectivity index (χ0) is 19.9. The number of nitrogens with one attached hydrogen (secondary N) is 1. The van der Waals surface area contributed by atoms with Crippen LogP contribution in [0.1, 0.15) is 17.3 Å². The Hall–Kier alpha value is -2.42. The number of carbonyl (C=O) groups excluding carboxylic acids is 2. The maximum Gasteiger partial charge on any atom is 0.338 e. The number of halogens is 1. The fraction of sp³-hybridized carbons (Fsp3) is 0.158. The molecule has 1 N–H and O–H groups in total. The van der Waals surface area contributed by atoms with Gasteiger partial charge < -0.3 is 10.1 Å². The molecule has 1 heterocycles. The molecule has 6 nitrogen and oxygen atoms in total. The Morgan fingerprint density at radius 2 is 1.93 bits per heavy atom. The van der Waals surface area contributed by atoms with Crippen LogP contribution in [0.25, 0.3) is 11.4 Å². The van der Waals surface area contributed by atoms with Crippen molar-refractivity contribution in [2.75, 3.05) is 17.7 Å². The summed E-state index contributed by atoms with van der Waals surface area (Å²) in [5, 5.41) is 3.37. The molecule has 144 valence electrons. The minimum Gasteiger partial charge on any atom is -0.462 e. The van der Waals surface area contributed by atoms with Crippen LogP contribution >= 0.6 is 34.9 Å². The Kier molecular flexibility index (Phi) is 7.02. The molecule has 0 spiro atoms. The van der Waals surface area contributed by atoms with Crippen LogP contribution in [0.3, 0.4) is 0 Å². The van der Waals surface area contributed by atoms with Crippen LogP contribution in [-0.2, 0) is 9.53 Å². The highest BCUT2D eigenvalue weighted by molar-refractivity contribution is 8.01. The van der Waals surface area contributed by atoms with E-state index in [1.807, 2.05) is 18.2 Å². The minimum atomic E-state index is -0.387. The molecule has 0 saturated carbocycles. The summed E-state index contributed by atoms with van der Waals surface area (Å²) in [7, 11) is 0. The van der Waals surface area contributed by atoms with Gasteiger partial charge in [0.1, 0.15) is 0 Å². The molecule has 2 aromatic carbocycles. The largest absolute Gasteiger partial charge is 0.462 e. The van der Waals surface area contributed by atoms with Gasteiger partial charge in [-0.15, -0.1) is 0 Å². The lowest BCUT2D eigenvalue weighted by Crippen LogP contribution is -2.14. The van der Waals surface area contributed by atoms with Gasteiger partial charge in [-0.2, -0.15) is 4.37 Å². The maximum absolute atomic E-state index is 12.1. The average molecular weight is 434 g/mol. The van der Waals surface area contributed by atoms with Crippen molar-refractivity contribution < 1.29 is 14.3 Å². The van der Waals surface area contributed by atoms with Gasteiger partial charge in [-0.3, -0.25) is 4.79 Å². The van der Waals surface area contributed by atoms with Gasteiger partial charge in [0.25, 0.3) is 0 Å². The summed E-state index contributed by atoms with van der Waals surface area (Å²) in [5.74, 6) is 0.175. The topological polar surface area (TPSA) is 81.2 Å². The SMILES string of the molecule is CCOC(=O)c1ccc(NC(=O)CSc2nc(-c3ccccc3Cl)ns2)cc1. The normalized spacial score (nSPS) is 10.5. The van der Waals surface area contributed by atoms with E-state index in [1.54, 1.807) is 37.3 Å². The first-order valence-corrected chi connectivity index (χ1v) is 10.5. The summed E-state index contributed by atoms with van der Waals surface area (Å²) >= 11 is 8.68. The first-order chi connectivity index (χ1) is 13.6. The summed E-state index contributed by atoms with van der Waals surface area (Å²) < 4.78 is 9.91. The number of benzene rings is 2. The van der Waals surface area contributed by atoms with E-state index in [0.29, 0.717) is 33.0 Å². The highest BCUT2D eigenvalue weighted by atomic mass is 35.5. The minimum absolute atomic E-state index is 0.177. The third kappa shape index (κ3) is 5.31. The van der Waals surface area contributed by atoms with Crippen molar-refractivity contribution in [1.82, 2.24) is 9.36 Å². The number of esters is 1. The quantitative estimate of drug-likeness (QED) is 0.427. The number of carbonyl (C=O) groups is 2. The van der Waals surface area contributed by atoms with E-state index < -0.39 is 0 Å². The van der Waals surface area contributed by atoms with Gasteiger partial charge >= 0.3 is 5.97 Å². The smallest absolute Gasteiger partial charge is 0.338 e. The fourth-order valence-corrected chi connectivity index (χ4v) is 3.88. The number of anilines is 1.